The van der Waals surface area contributed by atoms with Gasteiger partial charge in [0.05, 0.1) is 0 Å². The highest BCUT2D eigenvalue weighted by molar-refractivity contribution is 5.95. The molecule has 0 saturated carbocycles. The van der Waals surface area contributed by atoms with E-state index in [2.05, 4.69) is 0 Å². The normalized spacial score (nSPS) is 12.0. The third kappa shape index (κ3) is 5.20. The van der Waals surface area contributed by atoms with Crippen LogP contribution in [0.15, 0.2) is 30.3 Å². The molecule has 120 valence electrons. The van der Waals surface area contributed by atoms with Gasteiger partial charge < -0.3 is 10.2 Å². The zero-order chi connectivity index (χ0) is 16.7. The lowest BCUT2D eigenvalue weighted by atomic mass is 10.0. The van der Waals surface area contributed by atoms with Crippen molar-refractivity contribution in [3.8, 4) is 0 Å². The van der Waals surface area contributed by atoms with Gasteiger partial charge in [-0.15, -0.1) is 0 Å². The largest absolute Gasteiger partial charge is 0.480 e. The summed E-state index contributed by atoms with van der Waals surface area (Å²) >= 11 is 0. The molecule has 0 saturated heterocycles. The molecule has 0 aliphatic carbocycles. The van der Waals surface area contributed by atoms with Crippen LogP contribution in [0.25, 0.3) is 0 Å². The Kier molecular flexibility index (Phi) is 6.56. The van der Waals surface area contributed by atoms with Crippen LogP contribution < -0.4 is 0 Å². The van der Waals surface area contributed by atoms with Crippen molar-refractivity contribution < 1.29 is 24.6 Å². The van der Waals surface area contributed by atoms with Gasteiger partial charge in [-0.3, -0.25) is 4.79 Å². The molecule has 0 radical (unpaired) electrons. The van der Waals surface area contributed by atoms with Crippen LogP contribution in [0.2, 0.25) is 0 Å². The Morgan fingerprint density at radius 3 is 2.14 bits per heavy atom. The van der Waals surface area contributed by atoms with Crippen LogP contribution in [0.4, 0.5) is 4.79 Å². The minimum atomic E-state index is -1.52. The maximum absolute atomic E-state index is 12.2. The quantitative estimate of drug-likeness (QED) is 0.807. The summed E-state index contributed by atoms with van der Waals surface area (Å²) < 4.78 is 0. The van der Waals surface area contributed by atoms with E-state index in [1.807, 2.05) is 30.3 Å². The van der Waals surface area contributed by atoms with Gasteiger partial charge in [0.2, 0.25) is 5.91 Å². The summed E-state index contributed by atoms with van der Waals surface area (Å²) in [5.41, 5.74) is 0.900. The number of carboxylic acid groups (broad SMARTS) is 2. The van der Waals surface area contributed by atoms with Gasteiger partial charge in [0.15, 0.2) is 0 Å². The van der Waals surface area contributed by atoms with E-state index in [1.165, 1.54) is 0 Å². The fourth-order valence-corrected chi connectivity index (χ4v) is 2.19. The molecule has 0 fully saturated rings. The SMILES string of the molecule is CC(C)C[C@@H](C(=O)O)N(C(=O)O)C(=O)CCc1ccccc1. The number of imide groups is 1. The minimum absolute atomic E-state index is 0.0372. The van der Waals surface area contributed by atoms with E-state index in [4.69, 9.17) is 0 Å². The van der Waals surface area contributed by atoms with E-state index in [0.29, 0.717) is 11.3 Å². The standard InChI is InChI=1S/C16H21NO5/c1-11(2)10-13(15(19)20)17(16(21)22)14(18)9-8-12-6-4-3-5-7-12/h3-7,11,13H,8-10H2,1-2H3,(H,19,20)(H,21,22)/t13-/m0/s1. The number of nitrogens with zero attached hydrogens (tertiary/aromatic N) is 1. The third-order valence-corrected chi connectivity index (χ3v) is 3.24. The highest BCUT2D eigenvalue weighted by atomic mass is 16.4. The number of carbonyl (C=O) groups is 3. The average Bonchev–Trinajstić information content (AvgIpc) is 2.44. The number of hydrogen-bond donors (Lipinski definition) is 2. The molecule has 22 heavy (non-hydrogen) atoms. The van der Waals surface area contributed by atoms with Crippen LogP contribution in [0.5, 0.6) is 0 Å². The first-order valence-corrected chi connectivity index (χ1v) is 7.14. The summed E-state index contributed by atoms with van der Waals surface area (Å²) in [4.78, 5) is 35.2. The van der Waals surface area contributed by atoms with Gasteiger partial charge in [0, 0.05) is 6.42 Å². The number of aliphatic carboxylic acids is 1. The van der Waals surface area contributed by atoms with Gasteiger partial charge in [-0.1, -0.05) is 44.2 Å². The molecular formula is C16H21NO5. The van der Waals surface area contributed by atoms with Crippen LogP contribution in [-0.4, -0.2) is 39.1 Å². The minimum Gasteiger partial charge on any atom is -0.480 e. The predicted molar refractivity (Wildman–Crippen MR) is 80.5 cm³/mol. The van der Waals surface area contributed by atoms with Crippen molar-refractivity contribution in [3.63, 3.8) is 0 Å². The average molecular weight is 307 g/mol. The van der Waals surface area contributed by atoms with Crippen molar-refractivity contribution in [1.82, 2.24) is 4.90 Å². The number of aryl methyl sites for hydroxylation is 1. The van der Waals surface area contributed by atoms with Crippen LogP contribution in [0.3, 0.4) is 0 Å². The first kappa shape index (κ1) is 17.7. The Labute approximate surface area is 129 Å². The first-order valence-electron chi connectivity index (χ1n) is 7.14. The molecule has 0 aromatic heterocycles. The molecule has 1 rings (SSSR count). The lowest BCUT2D eigenvalue weighted by molar-refractivity contribution is -0.149. The molecule has 0 spiro atoms. The van der Waals surface area contributed by atoms with Crippen molar-refractivity contribution >= 4 is 18.0 Å². The summed E-state index contributed by atoms with van der Waals surface area (Å²) in [6.07, 6.45) is -1.10. The van der Waals surface area contributed by atoms with Crippen molar-refractivity contribution in [2.45, 2.75) is 39.2 Å². The fourth-order valence-electron chi connectivity index (χ4n) is 2.19. The molecule has 0 heterocycles. The monoisotopic (exact) mass is 307 g/mol. The van der Waals surface area contributed by atoms with Gasteiger partial charge in [0.1, 0.15) is 6.04 Å². The van der Waals surface area contributed by atoms with E-state index in [1.54, 1.807) is 13.8 Å². The number of amides is 2. The molecule has 0 bridgehead atoms. The lowest BCUT2D eigenvalue weighted by Gasteiger charge is -2.25. The van der Waals surface area contributed by atoms with E-state index in [-0.39, 0.29) is 18.8 Å². The Morgan fingerprint density at radius 1 is 1.09 bits per heavy atom. The second kappa shape index (κ2) is 8.17. The summed E-state index contributed by atoms with van der Waals surface area (Å²) in [5.74, 6) is -2.03. The third-order valence-electron chi connectivity index (χ3n) is 3.24. The van der Waals surface area contributed by atoms with Gasteiger partial charge >= 0.3 is 12.1 Å². The molecule has 1 atom stereocenters. The summed E-state index contributed by atoms with van der Waals surface area (Å²) in [5, 5.41) is 18.4. The van der Waals surface area contributed by atoms with E-state index >= 15 is 0 Å². The van der Waals surface area contributed by atoms with Crippen LogP contribution >= 0.6 is 0 Å². The number of rotatable bonds is 7. The maximum atomic E-state index is 12.2. The molecular weight excluding hydrogens is 286 g/mol. The molecule has 2 amide bonds. The fraction of sp³-hybridized carbons (Fsp3) is 0.438. The Hall–Kier alpha value is -2.37. The van der Waals surface area contributed by atoms with Gasteiger partial charge in [0.25, 0.3) is 0 Å². The Bertz CT molecular complexity index is 527. The molecule has 6 nitrogen and oxygen atoms in total. The lowest BCUT2D eigenvalue weighted by Crippen LogP contribution is -2.48. The summed E-state index contributed by atoms with van der Waals surface area (Å²) in [6, 6.07) is 7.82. The highest BCUT2D eigenvalue weighted by Crippen LogP contribution is 2.15. The summed E-state index contributed by atoms with van der Waals surface area (Å²) in [6.45, 7) is 3.56. The topological polar surface area (TPSA) is 94.9 Å². The van der Waals surface area contributed by atoms with Gasteiger partial charge in [-0.25, -0.2) is 14.5 Å². The first-order chi connectivity index (χ1) is 10.3. The zero-order valence-electron chi connectivity index (χ0n) is 12.7. The van der Waals surface area contributed by atoms with Crippen LogP contribution in [0.1, 0.15) is 32.3 Å². The number of carboxylic acids is 1. The predicted octanol–water partition coefficient (Wildman–Crippen LogP) is 2.63. The molecule has 1 aromatic carbocycles. The maximum Gasteiger partial charge on any atom is 0.414 e. The molecule has 2 N–H and O–H groups in total. The van der Waals surface area contributed by atoms with Gasteiger partial charge in [-0.05, 0) is 24.3 Å². The molecule has 6 heteroatoms. The van der Waals surface area contributed by atoms with E-state index < -0.39 is 24.0 Å². The number of carbonyl (C=O) groups excluding carboxylic acids is 1. The van der Waals surface area contributed by atoms with Crippen LogP contribution in [0, 0.1) is 5.92 Å². The molecule has 0 unspecified atom stereocenters. The molecule has 1 aromatic rings. The van der Waals surface area contributed by atoms with Crippen molar-refractivity contribution in [2.75, 3.05) is 0 Å². The van der Waals surface area contributed by atoms with Crippen LogP contribution in [-0.2, 0) is 16.0 Å². The van der Waals surface area contributed by atoms with Crippen molar-refractivity contribution in [2.24, 2.45) is 5.92 Å². The van der Waals surface area contributed by atoms with E-state index in [0.717, 1.165) is 5.56 Å². The highest BCUT2D eigenvalue weighted by Gasteiger charge is 2.34. The Balaban J connectivity index is 2.82. The number of hydrogen-bond acceptors (Lipinski definition) is 3. The zero-order valence-corrected chi connectivity index (χ0v) is 12.7. The van der Waals surface area contributed by atoms with Crippen molar-refractivity contribution in [3.05, 3.63) is 35.9 Å². The van der Waals surface area contributed by atoms with E-state index in [9.17, 15) is 24.6 Å². The van der Waals surface area contributed by atoms with Gasteiger partial charge in [-0.2, -0.15) is 0 Å². The summed E-state index contributed by atoms with van der Waals surface area (Å²) in [7, 11) is 0. The molecule has 0 aliphatic heterocycles. The van der Waals surface area contributed by atoms with Crippen molar-refractivity contribution in [1.29, 1.82) is 0 Å². The smallest absolute Gasteiger partial charge is 0.414 e. The molecule has 0 aliphatic rings. The second-order valence-electron chi connectivity index (χ2n) is 5.52. The Morgan fingerprint density at radius 2 is 1.68 bits per heavy atom. The number of benzene rings is 1. The second-order valence-corrected chi connectivity index (χ2v) is 5.52.